The zero-order valence-corrected chi connectivity index (χ0v) is 12.3. The van der Waals surface area contributed by atoms with Crippen molar-refractivity contribution in [3.05, 3.63) is 84.2 Å². The zero-order chi connectivity index (χ0) is 14.1. The summed E-state index contributed by atoms with van der Waals surface area (Å²) in [6, 6.07) is 28.1. The minimum Gasteiger partial charge on any atom is -0.144 e. The predicted molar refractivity (Wildman–Crippen MR) is 92.7 cm³/mol. The zero-order valence-electron chi connectivity index (χ0n) is 11.5. The van der Waals surface area contributed by atoms with E-state index in [1.807, 2.05) is 0 Å². The van der Waals surface area contributed by atoms with Crippen LogP contribution in [0.15, 0.2) is 84.2 Å². The van der Waals surface area contributed by atoms with E-state index < -0.39 is 0 Å². The second-order valence-electron chi connectivity index (χ2n) is 5.08. The molecule has 100 valence electrons. The molecule has 0 amide bonds. The van der Waals surface area contributed by atoms with Crippen molar-refractivity contribution < 1.29 is 0 Å². The lowest BCUT2D eigenvalue weighted by molar-refractivity contribution is 1.61. The Labute approximate surface area is 128 Å². The highest BCUT2D eigenvalue weighted by molar-refractivity contribution is 7.17. The molecule has 0 nitrogen and oxygen atoms in total. The van der Waals surface area contributed by atoms with Crippen molar-refractivity contribution in [2.24, 2.45) is 0 Å². The summed E-state index contributed by atoms with van der Waals surface area (Å²) >= 11 is 1.80. The fraction of sp³-hybridized carbons (Fsp3) is 0. The molecule has 1 heterocycles. The third-order valence-corrected chi connectivity index (χ3v) is 4.68. The van der Waals surface area contributed by atoms with Gasteiger partial charge in [0.25, 0.3) is 0 Å². The molecule has 0 radical (unpaired) electrons. The quantitative estimate of drug-likeness (QED) is 0.409. The molecule has 0 aliphatic rings. The Balaban J connectivity index is 1.79. The van der Waals surface area contributed by atoms with Gasteiger partial charge in [0.15, 0.2) is 0 Å². The van der Waals surface area contributed by atoms with Crippen LogP contribution in [0.3, 0.4) is 0 Å². The summed E-state index contributed by atoms with van der Waals surface area (Å²) in [5.74, 6) is 0. The van der Waals surface area contributed by atoms with E-state index in [2.05, 4.69) is 84.2 Å². The van der Waals surface area contributed by atoms with Gasteiger partial charge in [-0.25, -0.2) is 0 Å². The summed E-state index contributed by atoms with van der Waals surface area (Å²) in [5, 5.41) is 3.50. The van der Waals surface area contributed by atoms with E-state index in [1.165, 1.54) is 32.3 Å². The van der Waals surface area contributed by atoms with Crippen molar-refractivity contribution in [1.82, 2.24) is 0 Å². The van der Waals surface area contributed by atoms with E-state index >= 15 is 0 Å². The molecule has 0 saturated carbocycles. The molecule has 0 spiro atoms. The van der Waals surface area contributed by atoms with Crippen molar-refractivity contribution in [3.8, 4) is 22.3 Å². The Kier molecular flexibility index (Phi) is 3.06. The van der Waals surface area contributed by atoms with Gasteiger partial charge in [-0.1, -0.05) is 66.7 Å². The monoisotopic (exact) mass is 286 g/mol. The Bertz CT molecular complexity index is 871. The first-order chi connectivity index (χ1) is 10.4. The molecule has 21 heavy (non-hydrogen) atoms. The SMILES string of the molecule is c1ccc(-c2ccc(-c3cccc4sccc34)cc2)cc1. The minimum atomic E-state index is 1.26. The van der Waals surface area contributed by atoms with Gasteiger partial charge < -0.3 is 0 Å². The van der Waals surface area contributed by atoms with E-state index in [4.69, 9.17) is 0 Å². The van der Waals surface area contributed by atoms with Gasteiger partial charge in [0.05, 0.1) is 0 Å². The van der Waals surface area contributed by atoms with Gasteiger partial charge in [-0.3, -0.25) is 0 Å². The van der Waals surface area contributed by atoms with Gasteiger partial charge in [-0.05, 0) is 39.8 Å². The summed E-state index contributed by atoms with van der Waals surface area (Å²) in [5.41, 5.74) is 5.11. The molecular formula is C20H14S. The minimum absolute atomic E-state index is 1.26. The maximum atomic E-state index is 2.22. The van der Waals surface area contributed by atoms with Gasteiger partial charge >= 0.3 is 0 Å². The Morgan fingerprint density at radius 1 is 0.524 bits per heavy atom. The normalized spacial score (nSPS) is 10.9. The highest BCUT2D eigenvalue weighted by Crippen LogP contribution is 2.32. The van der Waals surface area contributed by atoms with Crippen LogP contribution in [0.25, 0.3) is 32.3 Å². The third-order valence-electron chi connectivity index (χ3n) is 3.80. The first-order valence-corrected chi connectivity index (χ1v) is 7.92. The smallest absolute Gasteiger partial charge is 0.0348 e. The molecule has 1 aromatic heterocycles. The van der Waals surface area contributed by atoms with Gasteiger partial charge in [0.2, 0.25) is 0 Å². The van der Waals surface area contributed by atoms with Crippen LogP contribution in [0.4, 0.5) is 0 Å². The average molecular weight is 286 g/mol. The standard InChI is InChI=1S/C20H14S/c1-2-5-15(6-3-1)16-9-11-17(12-10-16)18-7-4-8-20-19(18)13-14-21-20/h1-14H. The van der Waals surface area contributed by atoms with Crippen LogP contribution in [-0.4, -0.2) is 0 Å². The van der Waals surface area contributed by atoms with Gasteiger partial charge in [-0.2, -0.15) is 0 Å². The van der Waals surface area contributed by atoms with E-state index in [9.17, 15) is 0 Å². The molecule has 4 aromatic rings. The summed E-state index contributed by atoms with van der Waals surface area (Å²) in [6.45, 7) is 0. The highest BCUT2D eigenvalue weighted by atomic mass is 32.1. The first-order valence-electron chi connectivity index (χ1n) is 7.04. The second kappa shape index (κ2) is 5.19. The topological polar surface area (TPSA) is 0 Å². The number of hydrogen-bond donors (Lipinski definition) is 0. The Hall–Kier alpha value is -2.38. The van der Waals surface area contributed by atoms with Crippen LogP contribution in [0, 0.1) is 0 Å². The summed E-state index contributed by atoms with van der Waals surface area (Å²) < 4.78 is 1.35. The lowest BCUT2D eigenvalue weighted by atomic mass is 9.98. The molecule has 3 aromatic carbocycles. The number of thiophene rings is 1. The fourth-order valence-electron chi connectivity index (χ4n) is 2.72. The molecule has 4 rings (SSSR count). The van der Waals surface area contributed by atoms with E-state index in [1.54, 1.807) is 11.3 Å². The third kappa shape index (κ3) is 2.26. The largest absolute Gasteiger partial charge is 0.144 e. The molecule has 0 fully saturated rings. The van der Waals surface area contributed by atoms with Gasteiger partial charge in [0.1, 0.15) is 0 Å². The number of fused-ring (bicyclic) bond motifs is 1. The molecule has 1 heteroatoms. The number of hydrogen-bond acceptors (Lipinski definition) is 1. The van der Waals surface area contributed by atoms with Crippen molar-refractivity contribution in [2.45, 2.75) is 0 Å². The molecule has 0 unspecified atom stereocenters. The van der Waals surface area contributed by atoms with Crippen LogP contribution < -0.4 is 0 Å². The molecule has 0 N–H and O–H groups in total. The van der Waals surface area contributed by atoms with E-state index in [0.717, 1.165) is 0 Å². The molecule has 0 bridgehead atoms. The van der Waals surface area contributed by atoms with Crippen molar-refractivity contribution in [1.29, 1.82) is 0 Å². The van der Waals surface area contributed by atoms with E-state index in [0.29, 0.717) is 0 Å². The van der Waals surface area contributed by atoms with Crippen molar-refractivity contribution >= 4 is 21.4 Å². The van der Waals surface area contributed by atoms with Gasteiger partial charge in [-0.15, -0.1) is 11.3 Å². The van der Waals surface area contributed by atoms with Crippen molar-refractivity contribution in [3.63, 3.8) is 0 Å². The molecular weight excluding hydrogens is 272 g/mol. The van der Waals surface area contributed by atoms with Crippen LogP contribution >= 0.6 is 11.3 Å². The van der Waals surface area contributed by atoms with Crippen LogP contribution in [0.5, 0.6) is 0 Å². The lowest BCUT2D eigenvalue weighted by Crippen LogP contribution is -1.80. The summed E-state index contributed by atoms with van der Waals surface area (Å²) in [4.78, 5) is 0. The van der Waals surface area contributed by atoms with Crippen LogP contribution in [-0.2, 0) is 0 Å². The fourth-order valence-corrected chi connectivity index (χ4v) is 3.53. The average Bonchev–Trinajstić information content (AvgIpc) is 3.04. The first kappa shape index (κ1) is 12.4. The van der Waals surface area contributed by atoms with Crippen LogP contribution in [0.1, 0.15) is 0 Å². The molecule has 0 atom stereocenters. The van der Waals surface area contributed by atoms with Gasteiger partial charge in [0, 0.05) is 10.1 Å². The predicted octanol–water partition coefficient (Wildman–Crippen LogP) is 6.24. The highest BCUT2D eigenvalue weighted by Gasteiger charge is 2.05. The Morgan fingerprint density at radius 3 is 2.05 bits per heavy atom. The van der Waals surface area contributed by atoms with E-state index in [-0.39, 0.29) is 0 Å². The molecule has 0 aliphatic carbocycles. The molecule has 0 saturated heterocycles. The lowest BCUT2D eigenvalue weighted by Gasteiger charge is -2.06. The molecule has 0 aliphatic heterocycles. The van der Waals surface area contributed by atoms with Crippen molar-refractivity contribution in [2.75, 3.05) is 0 Å². The number of benzene rings is 3. The summed E-state index contributed by atoms with van der Waals surface area (Å²) in [6.07, 6.45) is 0. The summed E-state index contributed by atoms with van der Waals surface area (Å²) in [7, 11) is 0. The maximum Gasteiger partial charge on any atom is 0.0348 e. The van der Waals surface area contributed by atoms with Crippen LogP contribution in [0.2, 0.25) is 0 Å². The Morgan fingerprint density at radius 2 is 1.24 bits per heavy atom. The second-order valence-corrected chi connectivity index (χ2v) is 6.03. The number of rotatable bonds is 2. The maximum absolute atomic E-state index is 2.22.